The second-order valence-corrected chi connectivity index (χ2v) is 10.7. The third-order valence-corrected chi connectivity index (χ3v) is 7.32. The fourth-order valence-corrected chi connectivity index (χ4v) is 5.48. The van der Waals surface area contributed by atoms with Crippen molar-refractivity contribution in [2.45, 2.75) is 63.9 Å². The van der Waals surface area contributed by atoms with E-state index in [1.807, 2.05) is 39.6 Å². The molecule has 0 spiro atoms. The van der Waals surface area contributed by atoms with Gasteiger partial charge in [0.15, 0.2) is 15.6 Å². The van der Waals surface area contributed by atoms with Gasteiger partial charge < -0.3 is 0 Å². The Morgan fingerprint density at radius 2 is 1.73 bits per heavy atom. The Kier molecular flexibility index (Phi) is 6.48. The number of halogens is 1. The van der Waals surface area contributed by atoms with E-state index in [0.29, 0.717) is 18.8 Å². The minimum absolute atomic E-state index is 0.0239. The van der Waals surface area contributed by atoms with Crippen LogP contribution in [0.3, 0.4) is 0 Å². The molecule has 1 aromatic carbocycles. The Morgan fingerprint density at radius 1 is 1.13 bits per heavy atom. The highest BCUT2D eigenvalue weighted by atomic mass is 32.2. The number of hydrogen-bond acceptors (Lipinski definition) is 5. The summed E-state index contributed by atoms with van der Waals surface area (Å²) in [5, 5.41) is 4.19. The molecule has 2 heterocycles. The second-order valence-electron chi connectivity index (χ2n) is 8.76. The summed E-state index contributed by atoms with van der Waals surface area (Å²) in [7, 11) is -1.89. The molecule has 1 aliphatic heterocycles. The molecule has 30 heavy (non-hydrogen) atoms. The van der Waals surface area contributed by atoms with Gasteiger partial charge in [0.05, 0.1) is 18.4 Å². The molecule has 0 N–H and O–H groups in total. The fourth-order valence-electron chi connectivity index (χ4n) is 4.06. The lowest BCUT2D eigenvalue weighted by molar-refractivity contribution is -0.116. The monoisotopic (exact) mass is 435 g/mol. The van der Waals surface area contributed by atoms with Crippen molar-refractivity contribution in [1.29, 1.82) is 0 Å². The van der Waals surface area contributed by atoms with Crippen LogP contribution in [-0.4, -0.2) is 48.2 Å². The number of fused-ring (bicyclic) bond motifs is 1. The molecule has 6 nitrogen and oxygen atoms in total. The number of rotatable bonds is 7. The van der Waals surface area contributed by atoms with E-state index in [2.05, 4.69) is 5.10 Å². The van der Waals surface area contributed by atoms with E-state index in [9.17, 15) is 17.6 Å². The molecule has 0 saturated carbocycles. The summed E-state index contributed by atoms with van der Waals surface area (Å²) in [5.41, 5.74) is 2.89. The quantitative estimate of drug-likeness (QED) is 0.667. The summed E-state index contributed by atoms with van der Waals surface area (Å²) < 4.78 is 41.8. The second kappa shape index (κ2) is 8.59. The van der Waals surface area contributed by atoms with Crippen LogP contribution in [-0.2, 0) is 34.1 Å². The molecule has 1 aromatic heterocycles. The summed E-state index contributed by atoms with van der Waals surface area (Å²) in [6, 6.07) is 2.91. The molecule has 3 rings (SSSR count). The zero-order valence-electron chi connectivity index (χ0n) is 18.3. The van der Waals surface area contributed by atoms with Crippen LogP contribution in [0.5, 0.6) is 0 Å². The Bertz CT molecular complexity index is 1030. The molecule has 0 atom stereocenters. The van der Waals surface area contributed by atoms with Gasteiger partial charge in [-0.15, -0.1) is 0 Å². The van der Waals surface area contributed by atoms with E-state index in [0.717, 1.165) is 23.2 Å². The maximum absolute atomic E-state index is 14.1. The van der Waals surface area contributed by atoms with E-state index >= 15 is 0 Å². The predicted octanol–water partition coefficient (Wildman–Crippen LogP) is 3.30. The van der Waals surface area contributed by atoms with Gasteiger partial charge in [-0.3, -0.25) is 14.4 Å². The van der Waals surface area contributed by atoms with E-state index < -0.39 is 21.4 Å². The SMILES string of the molecule is CC(C)c1cc(F)cc(C(C)C)c1CC(=O)CS(=O)(=O)c1cnn2c1CN(C)CC2. The number of hydrogen-bond donors (Lipinski definition) is 0. The first-order chi connectivity index (χ1) is 14.0. The molecule has 8 heteroatoms. The molecule has 0 amide bonds. The van der Waals surface area contributed by atoms with Crippen LogP contribution in [0.25, 0.3) is 0 Å². The van der Waals surface area contributed by atoms with Crippen LogP contribution in [0.4, 0.5) is 4.39 Å². The molecular weight excluding hydrogens is 405 g/mol. The molecule has 0 fully saturated rings. The number of carbonyl (C=O) groups is 1. The topological polar surface area (TPSA) is 72.3 Å². The van der Waals surface area contributed by atoms with Gasteiger partial charge in [-0.2, -0.15) is 5.10 Å². The van der Waals surface area contributed by atoms with Gasteiger partial charge in [0.25, 0.3) is 0 Å². The molecule has 1 aliphatic rings. The summed E-state index contributed by atoms with van der Waals surface area (Å²) in [4.78, 5) is 15.0. The Hall–Kier alpha value is -2.06. The lowest BCUT2D eigenvalue weighted by atomic mass is 9.86. The Morgan fingerprint density at radius 3 is 2.30 bits per heavy atom. The van der Waals surface area contributed by atoms with E-state index in [4.69, 9.17) is 0 Å². The number of carbonyl (C=O) groups excluding carboxylic acids is 1. The van der Waals surface area contributed by atoms with Crippen molar-refractivity contribution in [3.63, 3.8) is 0 Å². The fraction of sp³-hybridized carbons (Fsp3) is 0.545. The largest absolute Gasteiger partial charge is 0.299 e. The lowest BCUT2D eigenvalue weighted by Gasteiger charge is -2.24. The zero-order valence-corrected chi connectivity index (χ0v) is 19.1. The Labute approximate surface area is 178 Å². The van der Waals surface area contributed by atoms with Crippen molar-refractivity contribution in [2.24, 2.45) is 0 Å². The lowest BCUT2D eigenvalue weighted by Crippen LogP contribution is -2.32. The highest BCUT2D eigenvalue weighted by Crippen LogP contribution is 2.30. The number of likely N-dealkylation sites (N-methyl/N-ethyl adjacent to an activating group) is 1. The standard InChI is InChI=1S/C22H30FN3O3S/c1-14(2)18-8-16(23)9-19(15(3)4)20(18)10-17(27)13-30(28,29)22-11-24-26-7-6-25(5)12-21(22)26/h8-9,11,14-15H,6-7,10,12-13H2,1-5H3. The molecular formula is C22H30FN3O3S. The van der Waals surface area contributed by atoms with Crippen molar-refractivity contribution in [3.05, 3.63) is 46.5 Å². The van der Waals surface area contributed by atoms with Gasteiger partial charge in [0.2, 0.25) is 0 Å². The van der Waals surface area contributed by atoms with Crippen molar-refractivity contribution >= 4 is 15.6 Å². The Balaban J connectivity index is 1.89. The van der Waals surface area contributed by atoms with Crippen molar-refractivity contribution in [2.75, 3.05) is 19.3 Å². The van der Waals surface area contributed by atoms with Gasteiger partial charge in [-0.05, 0) is 47.7 Å². The molecule has 0 bridgehead atoms. The average molecular weight is 436 g/mol. The van der Waals surface area contributed by atoms with E-state index in [1.54, 1.807) is 4.68 Å². The highest BCUT2D eigenvalue weighted by molar-refractivity contribution is 7.92. The van der Waals surface area contributed by atoms with Crippen LogP contribution in [0.15, 0.2) is 23.2 Å². The van der Waals surface area contributed by atoms with Crippen LogP contribution in [0.1, 0.15) is 61.9 Å². The number of benzene rings is 1. The molecule has 0 saturated heterocycles. The molecule has 0 unspecified atom stereocenters. The number of nitrogens with zero attached hydrogens (tertiary/aromatic N) is 3. The van der Waals surface area contributed by atoms with Crippen LogP contribution < -0.4 is 0 Å². The van der Waals surface area contributed by atoms with E-state index in [1.165, 1.54) is 18.3 Å². The third-order valence-electron chi connectivity index (χ3n) is 5.61. The smallest absolute Gasteiger partial charge is 0.188 e. The maximum Gasteiger partial charge on any atom is 0.188 e. The first-order valence-corrected chi connectivity index (χ1v) is 11.9. The number of Topliss-reactive ketones (excluding diaryl/α,β-unsaturated/α-hetero) is 1. The third kappa shape index (κ3) is 4.64. The first kappa shape index (κ1) is 22.6. The maximum atomic E-state index is 14.1. The summed E-state index contributed by atoms with van der Waals surface area (Å²) in [6.07, 6.45) is 1.33. The molecule has 2 aromatic rings. The van der Waals surface area contributed by atoms with Gasteiger partial charge in [-0.25, -0.2) is 12.8 Å². The molecule has 164 valence electrons. The zero-order chi connectivity index (χ0) is 22.2. The van der Waals surface area contributed by atoms with Crippen molar-refractivity contribution in [3.8, 4) is 0 Å². The number of aromatic nitrogens is 2. The van der Waals surface area contributed by atoms with Crippen molar-refractivity contribution < 1.29 is 17.6 Å². The number of sulfone groups is 1. The first-order valence-electron chi connectivity index (χ1n) is 10.3. The van der Waals surface area contributed by atoms with E-state index in [-0.39, 0.29) is 29.0 Å². The minimum atomic E-state index is -3.81. The summed E-state index contributed by atoms with van der Waals surface area (Å²) in [6.45, 7) is 9.68. The van der Waals surface area contributed by atoms with Crippen LogP contribution in [0.2, 0.25) is 0 Å². The van der Waals surface area contributed by atoms with Crippen molar-refractivity contribution in [1.82, 2.24) is 14.7 Å². The van der Waals surface area contributed by atoms with Gasteiger partial charge in [0.1, 0.15) is 16.5 Å². The van der Waals surface area contributed by atoms with Crippen LogP contribution in [0, 0.1) is 5.82 Å². The van der Waals surface area contributed by atoms with Gasteiger partial charge in [0, 0.05) is 19.5 Å². The number of ketones is 1. The minimum Gasteiger partial charge on any atom is -0.299 e. The normalized spacial score (nSPS) is 15.1. The van der Waals surface area contributed by atoms with Gasteiger partial charge >= 0.3 is 0 Å². The summed E-state index contributed by atoms with van der Waals surface area (Å²) in [5.74, 6) is -1.26. The summed E-state index contributed by atoms with van der Waals surface area (Å²) >= 11 is 0. The van der Waals surface area contributed by atoms with Crippen LogP contribution >= 0.6 is 0 Å². The van der Waals surface area contributed by atoms with Gasteiger partial charge in [-0.1, -0.05) is 27.7 Å². The highest BCUT2D eigenvalue weighted by Gasteiger charge is 2.29. The molecule has 0 aliphatic carbocycles. The average Bonchev–Trinajstić information content (AvgIpc) is 3.05. The predicted molar refractivity (Wildman–Crippen MR) is 114 cm³/mol. The molecule has 0 radical (unpaired) electrons.